The van der Waals surface area contributed by atoms with Crippen LogP contribution in [0.4, 0.5) is 0 Å². The normalized spacial score (nSPS) is 11.4. The van der Waals surface area contributed by atoms with E-state index in [9.17, 15) is 4.79 Å². The average Bonchev–Trinajstić information content (AvgIpc) is 1.98. The molecule has 1 nitrogen and oxygen atoms in total. The number of hydrogen-bond donors (Lipinski definition) is 0. The van der Waals surface area contributed by atoms with Crippen LogP contribution < -0.4 is 0 Å². The van der Waals surface area contributed by atoms with Gasteiger partial charge < -0.3 is 0 Å². The first-order valence-corrected chi connectivity index (χ1v) is 4.29. The number of ketones is 1. The molecule has 0 saturated heterocycles. The van der Waals surface area contributed by atoms with E-state index < -0.39 is 0 Å². The summed E-state index contributed by atoms with van der Waals surface area (Å²) < 4.78 is 0. The molecule has 0 aliphatic heterocycles. The number of allylic oxidation sites excluding steroid dienone is 4. The molecule has 0 N–H and O–H groups in total. The molecule has 0 spiro atoms. The Balaban J connectivity index is 3.43. The molecule has 2 heteroatoms. The molecule has 0 unspecified atom stereocenters. The fourth-order valence-electron chi connectivity index (χ4n) is 0.444. The van der Waals surface area contributed by atoms with Gasteiger partial charge in [0.1, 0.15) is 5.78 Å². The lowest BCUT2D eigenvalue weighted by atomic mass is 10.3. The minimum absolute atomic E-state index is 0.209. The van der Waals surface area contributed by atoms with Gasteiger partial charge in [-0.15, -0.1) is 0 Å². The Labute approximate surface area is 69.9 Å². The molecule has 0 amide bonds. The van der Waals surface area contributed by atoms with Gasteiger partial charge in [-0.25, -0.2) is 0 Å². The van der Waals surface area contributed by atoms with Gasteiger partial charge in [0.05, 0.1) is 5.33 Å². The van der Waals surface area contributed by atoms with Crippen LogP contribution in [0.3, 0.4) is 0 Å². The Hall–Kier alpha value is -0.370. The van der Waals surface area contributed by atoms with Gasteiger partial charge in [-0.05, 0) is 6.92 Å². The van der Waals surface area contributed by atoms with E-state index in [4.69, 9.17) is 0 Å². The fourth-order valence-corrected chi connectivity index (χ4v) is 0.673. The molecule has 0 bridgehead atoms. The van der Waals surface area contributed by atoms with E-state index in [1.165, 1.54) is 0 Å². The van der Waals surface area contributed by atoms with Crippen LogP contribution in [0.25, 0.3) is 0 Å². The number of Topliss-reactive ketones (excluding diaryl/α,β-unsaturated/α-hetero) is 1. The highest BCUT2D eigenvalue weighted by Gasteiger charge is 1.91. The first-order valence-electron chi connectivity index (χ1n) is 3.16. The maximum Gasteiger partial charge on any atom is 0.147 e. The third kappa shape index (κ3) is 5.76. The third-order valence-electron chi connectivity index (χ3n) is 0.934. The van der Waals surface area contributed by atoms with Gasteiger partial charge in [0.2, 0.25) is 0 Å². The van der Waals surface area contributed by atoms with E-state index >= 15 is 0 Å². The second kappa shape index (κ2) is 6.75. The van der Waals surface area contributed by atoms with Crippen LogP contribution in [0.15, 0.2) is 24.3 Å². The van der Waals surface area contributed by atoms with Gasteiger partial charge in [0, 0.05) is 6.42 Å². The summed E-state index contributed by atoms with van der Waals surface area (Å²) in [5.74, 6) is 0.209. The Morgan fingerprint density at radius 3 is 2.70 bits per heavy atom. The Morgan fingerprint density at radius 2 is 2.20 bits per heavy atom. The second-order valence-electron chi connectivity index (χ2n) is 1.83. The first kappa shape index (κ1) is 9.63. The van der Waals surface area contributed by atoms with Gasteiger partial charge in [-0.1, -0.05) is 40.2 Å². The zero-order valence-electron chi connectivity index (χ0n) is 6.01. The zero-order chi connectivity index (χ0) is 7.82. The average molecular weight is 203 g/mol. The van der Waals surface area contributed by atoms with Crippen molar-refractivity contribution in [3.63, 3.8) is 0 Å². The Morgan fingerprint density at radius 1 is 1.50 bits per heavy atom. The van der Waals surface area contributed by atoms with E-state index in [0.717, 1.165) is 0 Å². The molecule has 10 heavy (non-hydrogen) atoms. The lowest BCUT2D eigenvalue weighted by Crippen LogP contribution is -1.94. The molecule has 0 heterocycles. The molecule has 0 aromatic heterocycles. The number of halogens is 1. The van der Waals surface area contributed by atoms with E-state index in [1.807, 2.05) is 31.2 Å². The fraction of sp³-hybridized carbons (Fsp3) is 0.375. The summed E-state index contributed by atoms with van der Waals surface area (Å²) in [7, 11) is 0. The molecular weight excluding hydrogens is 192 g/mol. The Kier molecular flexibility index (Phi) is 6.50. The molecule has 0 atom stereocenters. The number of rotatable bonds is 4. The monoisotopic (exact) mass is 202 g/mol. The molecule has 0 rings (SSSR count). The first-order chi connectivity index (χ1) is 4.81. The summed E-state index contributed by atoms with van der Waals surface area (Å²) in [4.78, 5) is 10.7. The van der Waals surface area contributed by atoms with Gasteiger partial charge in [0.25, 0.3) is 0 Å². The molecule has 0 saturated carbocycles. The Bertz CT molecular complexity index is 147. The summed E-state index contributed by atoms with van der Waals surface area (Å²) in [6.45, 7) is 1.94. The molecule has 0 aromatic carbocycles. The maximum atomic E-state index is 10.7. The third-order valence-corrected chi connectivity index (χ3v) is 1.56. The van der Waals surface area contributed by atoms with Crippen molar-refractivity contribution >= 4 is 21.7 Å². The molecule has 0 radical (unpaired) electrons. The van der Waals surface area contributed by atoms with E-state index in [2.05, 4.69) is 15.9 Å². The van der Waals surface area contributed by atoms with E-state index in [0.29, 0.717) is 11.8 Å². The number of carbonyl (C=O) groups is 1. The SMILES string of the molecule is C/C=C\C=C/CC(=O)CBr. The molecule has 0 aliphatic rings. The topological polar surface area (TPSA) is 17.1 Å². The van der Waals surface area contributed by atoms with Crippen molar-refractivity contribution in [3.05, 3.63) is 24.3 Å². The van der Waals surface area contributed by atoms with Gasteiger partial charge in [-0.2, -0.15) is 0 Å². The summed E-state index contributed by atoms with van der Waals surface area (Å²) in [6.07, 6.45) is 8.08. The van der Waals surface area contributed by atoms with Crippen LogP contribution >= 0.6 is 15.9 Å². The predicted octanol–water partition coefficient (Wildman–Crippen LogP) is 2.47. The van der Waals surface area contributed by atoms with Crippen molar-refractivity contribution < 1.29 is 4.79 Å². The highest BCUT2D eigenvalue weighted by atomic mass is 79.9. The van der Waals surface area contributed by atoms with Crippen LogP contribution in [0.5, 0.6) is 0 Å². The lowest BCUT2D eigenvalue weighted by Gasteiger charge is -1.84. The minimum Gasteiger partial charge on any atom is -0.298 e. The van der Waals surface area contributed by atoms with Crippen LogP contribution in [-0.2, 0) is 4.79 Å². The smallest absolute Gasteiger partial charge is 0.147 e. The molecule has 0 aromatic rings. The van der Waals surface area contributed by atoms with Crippen molar-refractivity contribution in [2.24, 2.45) is 0 Å². The largest absolute Gasteiger partial charge is 0.298 e. The van der Waals surface area contributed by atoms with Crippen LogP contribution in [0.2, 0.25) is 0 Å². The van der Waals surface area contributed by atoms with Gasteiger partial charge >= 0.3 is 0 Å². The number of carbonyl (C=O) groups excluding carboxylic acids is 1. The minimum atomic E-state index is 0.209. The highest BCUT2D eigenvalue weighted by Crippen LogP contribution is 1.90. The zero-order valence-corrected chi connectivity index (χ0v) is 7.60. The summed E-state index contributed by atoms with van der Waals surface area (Å²) in [5.41, 5.74) is 0. The van der Waals surface area contributed by atoms with Crippen molar-refractivity contribution in [1.29, 1.82) is 0 Å². The quantitative estimate of drug-likeness (QED) is 0.506. The molecular formula is C8H11BrO. The van der Waals surface area contributed by atoms with Crippen molar-refractivity contribution in [2.75, 3.05) is 5.33 Å². The number of hydrogen-bond acceptors (Lipinski definition) is 1. The van der Waals surface area contributed by atoms with E-state index in [1.54, 1.807) is 0 Å². The lowest BCUT2D eigenvalue weighted by molar-refractivity contribution is -0.115. The van der Waals surface area contributed by atoms with Crippen molar-refractivity contribution in [2.45, 2.75) is 13.3 Å². The van der Waals surface area contributed by atoms with Gasteiger partial charge in [0.15, 0.2) is 0 Å². The van der Waals surface area contributed by atoms with Gasteiger partial charge in [-0.3, -0.25) is 4.79 Å². The molecule has 56 valence electrons. The summed E-state index contributed by atoms with van der Waals surface area (Å²) >= 11 is 3.08. The van der Waals surface area contributed by atoms with Crippen LogP contribution in [-0.4, -0.2) is 11.1 Å². The van der Waals surface area contributed by atoms with E-state index in [-0.39, 0.29) is 5.78 Å². The van der Waals surface area contributed by atoms with Crippen LogP contribution in [0.1, 0.15) is 13.3 Å². The second-order valence-corrected chi connectivity index (χ2v) is 2.39. The van der Waals surface area contributed by atoms with Crippen molar-refractivity contribution in [1.82, 2.24) is 0 Å². The molecule has 0 aliphatic carbocycles. The predicted molar refractivity (Wildman–Crippen MR) is 47.4 cm³/mol. The number of alkyl halides is 1. The maximum absolute atomic E-state index is 10.7. The summed E-state index contributed by atoms with van der Waals surface area (Å²) in [5, 5.41) is 0.452. The van der Waals surface area contributed by atoms with Crippen LogP contribution in [0, 0.1) is 0 Å². The standard InChI is InChI=1S/C8H11BrO/c1-2-3-4-5-6-8(10)7-9/h2-5H,6-7H2,1H3/b3-2-,5-4-. The van der Waals surface area contributed by atoms with Crippen molar-refractivity contribution in [3.8, 4) is 0 Å². The summed E-state index contributed by atoms with van der Waals surface area (Å²) in [6, 6.07) is 0. The molecule has 0 fully saturated rings. The highest BCUT2D eigenvalue weighted by molar-refractivity contribution is 9.09.